The Bertz CT molecular complexity index is 207. The van der Waals surface area contributed by atoms with Gasteiger partial charge in [-0.1, -0.05) is 46.6 Å². The van der Waals surface area contributed by atoms with Gasteiger partial charge in [0, 0.05) is 6.54 Å². The number of allylic oxidation sites excluding steroid dienone is 1. The average molecular weight is 223 g/mol. The van der Waals surface area contributed by atoms with Crippen molar-refractivity contribution in [3.05, 3.63) is 12.3 Å². The van der Waals surface area contributed by atoms with E-state index in [1.165, 1.54) is 32.2 Å². The third kappa shape index (κ3) is 4.59. The quantitative estimate of drug-likeness (QED) is 0.650. The maximum Gasteiger partial charge on any atom is 0.0172 e. The summed E-state index contributed by atoms with van der Waals surface area (Å²) >= 11 is 0. The zero-order valence-electron chi connectivity index (χ0n) is 11.5. The molecule has 3 unspecified atom stereocenters. The summed E-state index contributed by atoms with van der Waals surface area (Å²) in [5.41, 5.74) is 0. The Hall–Kier alpha value is -0.460. The van der Waals surface area contributed by atoms with Gasteiger partial charge in [-0.3, -0.25) is 0 Å². The van der Waals surface area contributed by atoms with Gasteiger partial charge in [-0.2, -0.15) is 0 Å². The van der Waals surface area contributed by atoms with Gasteiger partial charge in [-0.25, -0.2) is 0 Å². The Kier molecular flexibility index (Phi) is 5.94. The van der Waals surface area contributed by atoms with Gasteiger partial charge in [-0.05, 0) is 42.7 Å². The van der Waals surface area contributed by atoms with E-state index in [9.17, 15) is 0 Å². The summed E-state index contributed by atoms with van der Waals surface area (Å²) in [6, 6.07) is 0. The van der Waals surface area contributed by atoms with Crippen molar-refractivity contribution in [1.82, 2.24) is 5.32 Å². The highest BCUT2D eigenvalue weighted by atomic mass is 14.8. The van der Waals surface area contributed by atoms with E-state index in [1.54, 1.807) is 0 Å². The molecule has 1 fully saturated rings. The van der Waals surface area contributed by atoms with Gasteiger partial charge < -0.3 is 5.32 Å². The minimum absolute atomic E-state index is 0.734. The summed E-state index contributed by atoms with van der Waals surface area (Å²) in [7, 11) is 0. The van der Waals surface area contributed by atoms with Crippen LogP contribution in [0.25, 0.3) is 0 Å². The summed E-state index contributed by atoms with van der Waals surface area (Å²) in [6.45, 7) is 10.4. The fraction of sp³-hybridized carbons (Fsp3) is 0.867. The Morgan fingerprint density at radius 2 is 2.00 bits per heavy atom. The second-order valence-corrected chi connectivity index (χ2v) is 5.63. The van der Waals surface area contributed by atoms with E-state index in [0.717, 1.165) is 23.7 Å². The minimum Gasteiger partial charge on any atom is -0.391 e. The van der Waals surface area contributed by atoms with Crippen LogP contribution in [0.15, 0.2) is 12.3 Å². The predicted octanol–water partition coefficient (Wildman–Crippen LogP) is 4.21. The van der Waals surface area contributed by atoms with Crippen LogP contribution in [0.5, 0.6) is 0 Å². The number of nitrogens with one attached hydrogen (secondary N) is 1. The van der Waals surface area contributed by atoms with Crippen molar-refractivity contribution >= 4 is 0 Å². The van der Waals surface area contributed by atoms with Crippen molar-refractivity contribution < 1.29 is 0 Å². The van der Waals surface area contributed by atoms with Crippen molar-refractivity contribution in [3.8, 4) is 0 Å². The van der Waals surface area contributed by atoms with Crippen LogP contribution in [0.3, 0.4) is 0 Å². The molecule has 1 aliphatic carbocycles. The van der Waals surface area contributed by atoms with E-state index in [4.69, 9.17) is 0 Å². The molecule has 1 aliphatic rings. The molecule has 0 aromatic rings. The molecule has 1 rings (SSSR count). The fourth-order valence-corrected chi connectivity index (χ4v) is 2.53. The van der Waals surface area contributed by atoms with E-state index in [-0.39, 0.29) is 0 Å². The standard InChI is InChI=1S/C15H29N/c1-5-7-14-10-15(14)11-16-9-8-13(6-2)12(3)4/h8-9,12-16H,5-7,10-11H2,1-4H3/b9-8+. The van der Waals surface area contributed by atoms with Gasteiger partial charge in [0.1, 0.15) is 0 Å². The van der Waals surface area contributed by atoms with Crippen LogP contribution >= 0.6 is 0 Å². The first kappa shape index (κ1) is 13.6. The van der Waals surface area contributed by atoms with E-state index in [1.807, 2.05) is 0 Å². The fourth-order valence-electron chi connectivity index (χ4n) is 2.53. The zero-order chi connectivity index (χ0) is 12.0. The van der Waals surface area contributed by atoms with Gasteiger partial charge in [0.25, 0.3) is 0 Å². The van der Waals surface area contributed by atoms with Crippen LogP contribution in [-0.2, 0) is 0 Å². The molecule has 94 valence electrons. The SMILES string of the molecule is CCCC1CC1CN/C=C/C(CC)C(C)C. The molecule has 1 saturated carbocycles. The summed E-state index contributed by atoms with van der Waals surface area (Å²) in [5, 5.41) is 3.47. The average Bonchev–Trinajstić information content (AvgIpc) is 2.97. The molecule has 1 heteroatoms. The molecule has 0 saturated heterocycles. The number of hydrogen-bond donors (Lipinski definition) is 1. The second kappa shape index (κ2) is 6.98. The lowest BCUT2D eigenvalue weighted by Gasteiger charge is -2.14. The summed E-state index contributed by atoms with van der Waals surface area (Å²) in [5.74, 6) is 3.48. The molecule has 0 aliphatic heterocycles. The lowest BCUT2D eigenvalue weighted by atomic mass is 9.93. The third-order valence-corrected chi connectivity index (χ3v) is 3.90. The zero-order valence-corrected chi connectivity index (χ0v) is 11.5. The predicted molar refractivity (Wildman–Crippen MR) is 72.3 cm³/mol. The smallest absolute Gasteiger partial charge is 0.0172 e. The van der Waals surface area contributed by atoms with E-state index in [0.29, 0.717) is 0 Å². The normalized spacial score (nSPS) is 26.3. The Balaban J connectivity index is 2.09. The van der Waals surface area contributed by atoms with Crippen LogP contribution < -0.4 is 5.32 Å². The molecule has 0 radical (unpaired) electrons. The molecular weight excluding hydrogens is 194 g/mol. The topological polar surface area (TPSA) is 12.0 Å². The molecule has 0 spiro atoms. The molecule has 0 heterocycles. The molecule has 1 nitrogen and oxygen atoms in total. The lowest BCUT2D eigenvalue weighted by molar-refractivity contribution is 0.451. The van der Waals surface area contributed by atoms with Crippen LogP contribution in [0.2, 0.25) is 0 Å². The largest absolute Gasteiger partial charge is 0.391 e. The van der Waals surface area contributed by atoms with Crippen molar-refractivity contribution in [1.29, 1.82) is 0 Å². The van der Waals surface area contributed by atoms with Crippen molar-refractivity contribution in [2.24, 2.45) is 23.7 Å². The molecular formula is C15H29N. The second-order valence-electron chi connectivity index (χ2n) is 5.63. The molecule has 0 aromatic heterocycles. The minimum atomic E-state index is 0.734. The third-order valence-electron chi connectivity index (χ3n) is 3.90. The maximum absolute atomic E-state index is 3.47. The Morgan fingerprint density at radius 1 is 1.25 bits per heavy atom. The van der Waals surface area contributed by atoms with Crippen LogP contribution in [0.1, 0.15) is 53.4 Å². The van der Waals surface area contributed by atoms with Gasteiger partial charge in [0.05, 0.1) is 0 Å². The first-order chi connectivity index (χ1) is 7.69. The van der Waals surface area contributed by atoms with Crippen LogP contribution in [-0.4, -0.2) is 6.54 Å². The number of rotatable bonds is 8. The molecule has 0 bridgehead atoms. The Morgan fingerprint density at radius 3 is 2.56 bits per heavy atom. The summed E-state index contributed by atoms with van der Waals surface area (Å²) < 4.78 is 0. The molecule has 1 N–H and O–H groups in total. The van der Waals surface area contributed by atoms with Gasteiger partial charge in [0.15, 0.2) is 0 Å². The molecule has 0 aromatic carbocycles. The van der Waals surface area contributed by atoms with Crippen molar-refractivity contribution in [2.45, 2.75) is 53.4 Å². The molecule has 0 amide bonds. The van der Waals surface area contributed by atoms with Crippen LogP contribution in [0.4, 0.5) is 0 Å². The summed E-state index contributed by atoms with van der Waals surface area (Å²) in [4.78, 5) is 0. The first-order valence-corrected chi connectivity index (χ1v) is 7.09. The molecule has 16 heavy (non-hydrogen) atoms. The van der Waals surface area contributed by atoms with Crippen LogP contribution in [0, 0.1) is 23.7 Å². The highest BCUT2D eigenvalue weighted by molar-refractivity contribution is 4.92. The van der Waals surface area contributed by atoms with Gasteiger partial charge in [-0.15, -0.1) is 0 Å². The summed E-state index contributed by atoms with van der Waals surface area (Å²) in [6.07, 6.45) is 10.0. The van der Waals surface area contributed by atoms with Crippen molar-refractivity contribution in [2.75, 3.05) is 6.54 Å². The van der Waals surface area contributed by atoms with E-state index in [2.05, 4.69) is 45.3 Å². The highest BCUT2D eigenvalue weighted by Gasteiger charge is 2.34. The monoisotopic (exact) mass is 223 g/mol. The molecule has 3 atom stereocenters. The van der Waals surface area contributed by atoms with Gasteiger partial charge in [0.2, 0.25) is 0 Å². The number of hydrogen-bond acceptors (Lipinski definition) is 1. The highest BCUT2D eigenvalue weighted by Crippen LogP contribution is 2.41. The van der Waals surface area contributed by atoms with E-state index < -0.39 is 0 Å². The maximum atomic E-state index is 3.47. The van der Waals surface area contributed by atoms with Gasteiger partial charge >= 0.3 is 0 Å². The van der Waals surface area contributed by atoms with Crippen molar-refractivity contribution in [3.63, 3.8) is 0 Å². The van der Waals surface area contributed by atoms with E-state index >= 15 is 0 Å². The lowest BCUT2D eigenvalue weighted by Crippen LogP contribution is -2.12. The first-order valence-electron chi connectivity index (χ1n) is 7.09. The Labute approximate surface area is 102 Å².